The number of carbonyl (C=O) groups excluding carboxylic acids is 1. The maximum atomic E-state index is 11.2. The van der Waals surface area contributed by atoms with Gasteiger partial charge in [-0.15, -0.1) is 0 Å². The normalized spacial score (nSPS) is 10.6. The third kappa shape index (κ3) is 3.19. The first-order valence-electron chi connectivity index (χ1n) is 6.60. The van der Waals surface area contributed by atoms with Gasteiger partial charge in [-0.1, -0.05) is 0 Å². The van der Waals surface area contributed by atoms with Crippen LogP contribution in [0.5, 0.6) is 0 Å². The summed E-state index contributed by atoms with van der Waals surface area (Å²) in [6.45, 7) is 7.37. The Kier molecular flexibility index (Phi) is 4.79. The van der Waals surface area contributed by atoms with E-state index >= 15 is 0 Å². The highest BCUT2D eigenvalue weighted by atomic mass is 32.1. The molecular formula is C14H19N3O2S. The summed E-state index contributed by atoms with van der Waals surface area (Å²) in [7, 11) is 0. The molecule has 0 aliphatic carbocycles. The molecule has 1 N–H and O–H groups in total. The minimum absolute atomic E-state index is 0.382. The van der Waals surface area contributed by atoms with Crippen molar-refractivity contribution >= 4 is 17.4 Å². The Labute approximate surface area is 122 Å². The maximum absolute atomic E-state index is 11.2. The van der Waals surface area contributed by atoms with Crippen LogP contribution in [-0.2, 0) is 11.3 Å². The number of hydrogen-bond acceptors (Lipinski definition) is 4. The molecule has 2 aromatic rings. The lowest BCUT2D eigenvalue weighted by Gasteiger charge is -2.07. The number of thiophene rings is 1. The first-order valence-corrected chi connectivity index (χ1v) is 7.55. The van der Waals surface area contributed by atoms with Crippen LogP contribution in [0.2, 0.25) is 0 Å². The van der Waals surface area contributed by atoms with Crippen LogP contribution in [0.1, 0.15) is 18.3 Å². The van der Waals surface area contributed by atoms with Crippen molar-refractivity contribution in [3.8, 4) is 11.1 Å². The maximum Gasteiger partial charge on any atom is 0.407 e. The summed E-state index contributed by atoms with van der Waals surface area (Å²) in [6, 6.07) is 2.10. The lowest BCUT2D eigenvalue weighted by atomic mass is 10.1. The SMILES string of the molecule is CCOC(=O)NCCn1nc(C)c(-c2ccsc2)c1C. The Bertz CT molecular complexity index is 576. The summed E-state index contributed by atoms with van der Waals surface area (Å²) >= 11 is 1.68. The first kappa shape index (κ1) is 14.6. The van der Waals surface area contributed by atoms with Crippen LogP contribution >= 0.6 is 11.3 Å². The van der Waals surface area contributed by atoms with E-state index in [9.17, 15) is 4.79 Å². The molecule has 2 heterocycles. The molecule has 108 valence electrons. The van der Waals surface area contributed by atoms with Crippen molar-refractivity contribution in [2.24, 2.45) is 0 Å². The average Bonchev–Trinajstić information content (AvgIpc) is 2.99. The molecule has 6 heteroatoms. The van der Waals surface area contributed by atoms with Gasteiger partial charge in [0, 0.05) is 17.8 Å². The van der Waals surface area contributed by atoms with Crippen LogP contribution in [-0.4, -0.2) is 29.0 Å². The summed E-state index contributed by atoms with van der Waals surface area (Å²) in [5.74, 6) is 0. The van der Waals surface area contributed by atoms with E-state index in [1.165, 1.54) is 11.1 Å². The van der Waals surface area contributed by atoms with Crippen LogP contribution in [0.4, 0.5) is 4.79 Å². The number of ether oxygens (including phenoxy) is 1. The predicted molar refractivity (Wildman–Crippen MR) is 80.0 cm³/mol. The van der Waals surface area contributed by atoms with Crippen molar-refractivity contribution in [3.63, 3.8) is 0 Å². The molecule has 2 aromatic heterocycles. The second-order valence-electron chi connectivity index (χ2n) is 4.43. The monoisotopic (exact) mass is 293 g/mol. The van der Waals surface area contributed by atoms with Gasteiger partial charge in [-0.3, -0.25) is 4.68 Å². The van der Waals surface area contributed by atoms with E-state index in [1.807, 2.05) is 11.6 Å². The molecule has 20 heavy (non-hydrogen) atoms. The van der Waals surface area contributed by atoms with Gasteiger partial charge >= 0.3 is 6.09 Å². The number of nitrogens with zero attached hydrogens (tertiary/aromatic N) is 2. The quantitative estimate of drug-likeness (QED) is 0.922. The Morgan fingerprint density at radius 2 is 2.30 bits per heavy atom. The Balaban J connectivity index is 2.03. The summed E-state index contributed by atoms with van der Waals surface area (Å²) < 4.78 is 6.74. The predicted octanol–water partition coefficient (Wildman–Crippen LogP) is 2.97. The van der Waals surface area contributed by atoms with Crippen molar-refractivity contribution in [1.29, 1.82) is 0 Å². The zero-order valence-electron chi connectivity index (χ0n) is 12.0. The highest BCUT2D eigenvalue weighted by Gasteiger charge is 2.13. The number of nitrogens with one attached hydrogen (secondary N) is 1. The smallest absolute Gasteiger partial charge is 0.407 e. The average molecular weight is 293 g/mol. The highest BCUT2D eigenvalue weighted by Crippen LogP contribution is 2.28. The van der Waals surface area contributed by atoms with Gasteiger partial charge in [0.15, 0.2) is 0 Å². The summed E-state index contributed by atoms with van der Waals surface area (Å²) in [5, 5.41) is 11.4. The molecular weight excluding hydrogens is 274 g/mol. The van der Waals surface area contributed by atoms with E-state index in [-0.39, 0.29) is 6.09 Å². The Morgan fingerprint density at radius 3 is 2.95 bits per heavy atom. The van der Waals surface area contributed by atoms with Gasteiger partial charge in [0.2, 0.25) is 0 Å². The molecule has 0 aliphatic rings. The van der Waals surface area contributed by atoms with Crippen molar-refractivity contribution < 1.29 is 9.53 Å². The van der Waals surface area contributed by atoms with Gasteiger partial charge < -0.3 is 10.1 Å². The molecule has 0 atom stereocenters. The molecule has 5 nitrogen and oxygen atoms in total. The number of aromatic nitrogens is 2. The summed E-state index contributed by atoms with van der Waals surface area (Å²) in [4.78, 5) is 11.2. The minimum atomic E-state index is -0.382. The number of alkyl carbamates (subject to hydrolysis) is 1. The Hall–Kier alpha value is -1.82. The van der Waals surface area contributed by atoms with Crippen LogP contribution in [0.3, 0.4) is 0 Å². The summed E-state index contributed by atoms with van der Waals surface area (Å²) in [5.41, 5.74) is 4.51. The minimum Gasteiger partial charge on any atom is -0.450 e. The van der Waals surface area contributed by atoms with E-state index in [0.29, 0.717) is 19.7 Å². The highest BCUT2D eigenvalue weighted by molar-refractivity contribution is 7.08. The van der Waals surface area contributed by atoms with E-state index < -0.39 is 0 Å². The van der Waals surface area contributed by atoms with Gasteiger partial charge in [-0.05, 0) is 43.2 Å². The van der Waals surface area contributed by atoms with Crippen LogP contribution in [0.25, 0.3) is 11.1 Å². The topological polar surface area (TPSA) is 56.1 Å². The standard InChI is InChI=1S/C14H19N3O2S/c1-4-19-14(18)15-6-7-17-11(3)13(10(2)16-17)12-5-8-20-9-12/h5,8-9H,4,6-7H2,1-3H3,(H,15,18). The molecule has 0 bridgehead atoms. The molecule has 0 aromatic carbocycles. The van der Waals surface area contributed by atoms with Crippen molar-refractivity contribution in [1.82, 2.24) is 15.1 Å². The molecule has 1 amide bonds. The molecule has 2 rings (SSSR count). The van der Waals surface area contributed by atoms with Gasteiger partial charge in [0.05, 0.1) is 18.8 Å². The summed E-state index contributed by atoms with van der Waals surface area (Å²) in [6.07, 6.45) is -0.382. The molecule has 0 saturated heterocycles. The number of amides is 1. The van der Waals surface area contributed by atoms with Crippen molar-refractivity contribution in [3.05, 3.63) is 28.2 Å². The third-order valence-electron chi connectivity index (χ3n) is 3.06. The molecule has 0 unspecified atom stereocenters. The third-order valence-corrected chi connectivity index (χ3v) is 3.74. The fourth-order valence-corrected chi connectivity index (χ4v) is 2.83. The van der Waals surface area contributed by atoms with Crippen LogP contribution < -0.4 is 5.32 Å². The van der Waals surface area contributed by atoms with Crippen molar-refractivity contribution in [2.75, 3.05) is 13.2 Å². The van der Waals surface area contributed by atoms with E-state index in [1.54, 1.807) is 18.3 Å². The first-order chi connectivity index (χ1) is 9.63. The van der Waals surface area contributed by atoms with E-state index in [4.69, 9.17) is 4.74 Å². The lowest BCUT2D eigenvalue weighted by molar-refractivity contribution is 0.151. The molecule has 0 saturated carbocycles. The van der Waals surface area contributed by atoms with Crippen LogP contribution in [0, 0.1) is 13.8 Å². The zero-order chi connectivity index (χ0) is 14.5. The van der Waals surface area contributed by atoms with E-state index in [0.717, 1.165) is 11.4 Å². The van der Waals surface area contributed by atoms with E-state index in [2.05, 4.69) is 34.2 Å². The number of rotatable bonds is 5. The molecule has 0 radical (unpaired) electrons. The largest absolute Gasteiger partial charge is 0.450 e. The number of aryl methyl sites for hydroxylation is 1. The van der Waals surface area contributed by atoms with Gasteiger partial charge in [-0.2, -0.15) is 16.4 Å². The molecule has 0 spiro atoms. The van der Waals surface area contributed by atoms with Gasteiger partial charge in [-0.25, -0.2) is 4.79 Å². The van der Waals surface area contributed by atoms with Gasteiger partial charge in [0.1, 0.15) is 0 Å². The second-order valence-corrected chi connectivity index (χ2v) is 5.21. The molecule has 0 fully saturated rings. The van der Waals surface area contributed by atoms with Crippen LogP contribution in [0.15, 0.2) is 16.8 Å². The lowest BCUT2D eigenvalue weighted by Crippen LogP contribution is -2.28. The Morgan fingerprint density at radius 1 is 1.50 bits per heavy atom. The fourth-order valence-electron chi connectivity index (χ4n) is 2.19. The zero-order valence-corrected chi connectivity index (χ0v) is 12.8. The number of hydrogen-bond donors (Lipinski definition) is 1. The number of carbonyl (C=O) groups is 1. The molecule has 0 aliphatic heterocycles. The van der Waals surface area contributed by atoms with Gasteiger partial charge in [0.25, 0.3) is 0 Å². The van der Waals surface area contributed by atoms with Crippen molar-refractivity contribution in [2.45, 2.75) is 27.3 Å². The fraction of sp³-hybridized carbons (Fsp3) is 0.429. The second kappa shape index (κ2) is 6.56.